The summed E-state index contributed by atoms with van der Waals surface area (Å²) in [6.07, 6.45) is 0. The number of amides is 1. The quantitative estimate of drug-likeness (QED) is 0.831. The number of carbonyl (C=O) groups is 1. The van der Waals surface area contributed by atoms with Crippen LogP contribution in [0.4, 0.5) is 5.69 Å². The summed E-state index contributed by atoms with van der Waals surface area (Å²) in [6, 6.07) is 3.74. The molecule has 0 saturated carbocycles. The highest BCUT2D eigenvalue weighted by Crippen LogP contribution is 2.24. The van der Waals surface area contributed by atoms with Crippen molar-refractivity contribution in [3.63, 3.8) is 0 Å². The topological polar surface area (TPSA) is 64.8 Å². The Morgan fingerprint density at radius 1 is 1.32 bits per heavy atom. The Kier molecular flexibility index (Phi) is 4.27. The van der Waals surface area contributed by atoms with Gasteiger partial charge in [-0.1, -0.05) is 6.07 Å². The van der Waals surface area contributed by atoms with Crippen molar-refractivity contribution in [2.75, 3.05) is 38.6 Å². The van der Waals surface area contributed by atoms with Gasteiger partial charge in [0.15, 0.2) is 6.61 Å². The van der Waals surface area contributed by atoms with Crippen molar-refractivity contribution in [1.82, 2.24) is 4.90 Å². The predicted octanol–water partition coefficient (Wildman–Crippen LogP) is 1.12. The third-order valence-electron chi connectivity index (χ3n) is 3.28. The van der Waals surface area contributed by atoms with Gasteiger partial charge in [0.2, 0.25) is 0 Å². The van der Waals surface area contributed by atoms with Gasteiger partial charge in [-0.05, 0) is 25.0 Å². The van der Waals surface area contributed by atoms with Gasteiger partial charge in [-0.2, -0.15) is 0 Å². The molecule has 2 N–H and O–H groups in total. The summed E-state index contributed by atoms with van der Waals surface area (Å²) in [5, 5.41) is 0. The van der Waals surface area contributed by atoms with Gasteiger partial charge in [0.1, 0.15) is 5.75 Å². The van der Waals surface area contributed by atoms with Crippen LogP contribution in [-0.2, 0) is 9.53 Å². The van der Waals surface area contributed by atoms with E-state index in [1.807, 2.05) is 19.9 Å². The highest BCUT2D eigenvalue weighted by Gasteiger charge is 2.17. The molecule has 1 fully saturated rings. The van der Waals surface area contributed by atoms with Gasteiger partial charge in [0.05, 0.1) is 13.2 Å². The molecule has 5 nitrogen and oxygen atoms in total. The smallest absolute Gasteiger partial charge is 0.260 e. The number of anilines is 1. The van der Waals surface area contributed by atoms with Gasteiger partial charge < -0.3 is 20.1 Å². The number of nitrogens with two attached hydrogens (primary N) is 1. The van der Waals surface area contributed by atoms with Crippen molar-refractivity contribution in [2.45, 2.75) is 13.8 Å². The summed E-state index contributed by atoms with van der Waals surface area (Å²) in [4.78, 5) is 13.7. The van der Waals surface area contributed by atoms with E-state index >= 15 is 0 Å². The first kappa shape index (κ1) is 13.7. The van der Waals surface area contributed by atoms with Crippen LogP contribution in [0.3, 0.4) is 0 Å². The van der Waals surface area contributed by atoms with E-state index in [0.29, 0.717) is 37.7 Å². The third kappa shape index (κ3) is 3.38. The highest BCUT2D eigenvalue weighted by molar-refractivity contribution is 5.78. The number of benzene rings is 1. The summed E-state index contributed by atoms with van der Waals surface area (Å²) in [5.74, 6) is 0.659. The maximum absolute atomic E-state index is 11.9. The lowest BCUT2D eigenvalue weighted by atomic mass is 10.1. The average Bonchev–Trinajstić information content (AvgIpc) is 2.42. The van der Waals surface area contributed by atoms with Crippen LogP contribution >= 0.6 is 0 Å². The Hall–Kier alpha value is -1.75. The molecule has 0 aromatic heterocycles. The molecule has 1 saturated heterocycles. The summed E-state index contributed by atoms with van der Waals surface area (Å²) in [7, 11) is 0. The molecule has 0 unspecified atom stereocenters. The fourth-order valence-electron chi connectivity index (χ4n) is 2.05. The molecule has 2 rings (SSSR count). The minimum absolute atomic E-state index is 0.0122. The molecule has 1 aromatic carbocycles. The number of morpholine rings is 1. The van der Waals surface area contributed by atoms with Crippen molar-refractivity contribution in [3.05, 3.63) is 23.3 Å². The van der Waals surface area contributed by atoms with E-state index in [1.54, 1.807) is 11.0 Å². The molecule has 1 aliphatic heterocycles. The van der Waals surface area contributed by atoms with E-state index in [4.69, 9.17) is 15.2 Å². The zero-order chi connectivity index (χ0) is 13.8. The minimum atomic E-state index is -0.0122. The summed E-state index contributed by atoms with van der Waals surface area (Å²) in [5.41, 5.74) is 8.53. The third-order valence-corrected chi connectivity index (χ3v) is 3.28. The Morgan fingerprint density at radius 2 is 2.00 bits per heavy atom. The first-order valence-corrected chi connectivity index (χ1v) is 6.43. The Balaban J connectivity index is 1.94. The van der Waals surface area contributed by atoms with Gasteiger partial charge in [-0.3, -0.25) is 4.79 Å². The number of carbonyl (C=O) groups excluding carboxylic acids is 1. The second kappa shape index (κ2) is 5.93. The largest absolute Gasteiger partial charge is 0.483 e. The second-order valence-electron chi connectivity index (χ2n) is 4.76. The van der Waals surface area contributed by atoms with Crippen LogP contribution in [0, 0.1) is 13.8 Å². The van der Waals surface area contributed by atoms with Crippen LogP contribution in [0.25, 0.3) is 0 Å². The normalized spacial score (nSPS) is 15.4. The van der Waals surface area contributed by atoms with E-state index in [2.05, 4.69) is 0 Å². The molecule has 5 heteroatoms. The van der Waals surface area contributed by atoms with E-state index in [0.717, 1.165) is 11.1 Å². The number of nitrogen functional groups attached to an aromatic ring is 1. The second-order valence-corrected chi connectivity index (χ2v) is 4.76. The van der Waals surface area contributed by atoms with Crippen LogP contribution in [0.15, 0.2) is 12.1 Å². The lowest BCUT2D eigenvalue weighted by Gasteiger charge is -2.26. The van der Waals surface area contributed by atoms with Crippen LogP contribution in [0.1, 0.15) is 11.1 Å². The molecule has 1 aliphatic rings. The molecule has 1 heterocycles. The lowest BCUT2D eigenvalue weighted by molar-refractivity contribution is -0.137. The number of ether oxygens (including phenoxy) is 2. The first-order valence-electron chi connectivity index (χ1n) is 6.43. The molecule has 1 aromatic rings. The summed E-state index contributed by atoms with van der Waals surface area (Å²) < 4.78 is 10.8. The maximum Gasteiger partial charge on any atom is 0.260 e. The van der Waals surface area contributed by atoms with Crippen LogP contribution < -0.4 is 10.5 Å². The number of hydrogen-bond donors (Lipinski definition) is 1. The van der Waals surface area contributed by atoms with E-state index in [1.165, 1.54) is 0 Å². The number of rotatable bonds is 3. The lowest BCUT2D eigenvalue weighted by Crippen LogP contribution is -2.43. The molecule has 0 bridgehead atoms. The predicted molar refractivity (Wildman–Crippen MR) is 73.2 cm³/mol. The van der Waals surface area contributed by atoms with Crippen molar-refractivity contribution in [2.24, 2.45) is 0 Å². The molecular weight excluding hydrogens is 244 g/mol. The standard InChI is InChI=1S/C14H20N2O3/c1-10-7-11(2)13(8-12(10)15)19-9-14(17)16-3-5-18-6-4-16/h7-8H,3-6,9,15H2,1-2H3. The van der Waals surface area contributed by atoms with E-state index in [-0.39, 0.29) is 12.5 Å². The molecule has 1 amide bonds. The minimum Gasteiger partial charge on any atom is -0.483 e. The molecule has 0 atom stereocenters. The fraction of sp³-hybridized carbons (Fsp3) is 0.500. The van der Waals surface area contributed by atoms with E-state index < -0.39 is 0 Å². The van der Waals surface area contributed by atoms with Gasteiger partial charge in [-0.15, -0.1) is 0 Å². The number of nitrogens with zero attached hydrogens (tertiary/aromatic N) is 1. The molecule has 0 radical (unpaired) electrons. The maximum atomic E-state index is 11.9. The molecule has 19 heavy (non-hydrogen) atoms. The fourth-order valence-corrected chi connectivity index (χ4v) is 2.05. The van der Waals surface area contributed by atoms with Crippen molar-refractivity contribution >= 4 is 11.6 Å². The Morgan fingerprint density at radius 3 is 2.68 bits per heavy atom. The zero-order valence-corrected chi connectivity index (χ0v) is 11.4. The van der Waals surface area contributed by atoms with Gasteiger partial charge >= 0.3 is 0 Å². The van der Waals surface area contributed by atoms with Gasteiger partial charge in [0, 0.05) is 24.8 Å². The molecule has 104 valence electrons. The molecule has 0 spiro atoms. The van der Waals surface area contributed by atoms with Gasteiger partial charge in [0.25, 0.3) is 5.91 Å². The SMILES string of the molecule is Cc1cc(C)c(OCC(=O)N2CCOCC2)cc1N. The summed E-state index contributed by atoms with van der Waals surface area (Å²) >= 11 is 0. The van der Waals surface area contributed by atoms with Crippen molar-refractivity contribution < 1.29 is 14.3 Å². The van der Waals surface area contributed by atoms with Crippen molar-refractivity contribution in [3.8, 4) is 5.75 Å². The Labute approximate surface area is 113 Å². The number of hydrogen-bond acceptors (Lipinski definition) is 4. The van der Waals surface area contributed by atoms with Crippen LogP contribution in [0.5, 0.6) is 5.75 Å². The van der Waals surface area contributed by atoms with E-state index in [9.17, 15) is 4.79 Å². The first-order chi connectivity index (χ1) is 9.08. The monoisotopic (exact) mass is 264 g/mol. The van der Waals surface area contributed by atoms with Crippen molar-refractivity contribution in [1.29, 1.82) is 0 Å². The zero-order valence-electron chi connectivity index (χ0n) is 11.4. The molecular formula is C14H20N2O3. The Bertz CT molecular complexity index is 468. The van der Waals surface area contributed by atoms with Gasteiger partial charge in [-0.25, -0.2) is 0 Å². The summed E-state index contributed by atoms with van der Waals surface area (Å²) in [6.45, 7) is 6.41. The molecule has 0 aliphatic carbocycles. The number of aryl methyl sites for hydroxylation is 2. The highest BCUT2D eigenvalue weighted by atomic mass is 16.5. The van der Waals surface area contributed by atoms with Crippen LogP contribution in [-0.4, -0.2) is 43.7 Å². The van der Waals surface area contributed by atoms with Crippen LogP contribution in [0.2, 0.25) is 0 Å². The average molecular weight is 264 g/mol.